The number of hydrogen-bond acceptors (Lipinski definition) is 0. The van der Waals surface area contributed by atoms with Gasteiger partial charge in [0, 0.05) is 0 Å². The lowest BCUT2D eigenvalue weighted by molar-refractivity contribution is 0.593. The highest BCUT2D eigenvalue weighted by molar-refractivity contribution is 9.23. The van der Waals surface area contributed by atoms with Crippen LogP contribution in [0.4, 0.5) is 0 Å². The first kappa shape index (κ1) is 11.2. The molecule has 1 rings (SSSR count). The average molecular weight is 216 g/mol. The minimum Gasteiger partial charge on any atom is -0.307 e. The van der Waals surface area contributed by atoms with E-state index in [1.54, 1.807) is 0 Å². The maximum Gasteiger partial charge on any atom is 0.468 e. The van der Waals surface area contributed by atoms with Crippen molar-refractivity contribution in [2.75, 3.05) is 0 Å². The summed E-state index contributed by atoms with van der Waals surface area (Å²) in [5, 5.41) is 0. The van der Waals surface area contributed by atoms with Crippen molar-refractivity contribution >= 4 is 31.1 Å². The molecule has 1 saturated carbocycles. The fraction of sp³-hybridized carbons (Fsp3) is 0.875. The normalized spacial score (nSPS) is 16.6. The highest BCUT2D eigenvalue weighted by Crippen LogP contribution is 2.14. The van der Waals surface area contributed by atoms with Crippen molar-refractivity contribution in [2.24, 2.45) is 0 Å². The van der Waals surface area contributed by atoms with Crippen molar-refractivity contribution in [2.45, 2.75) is 43.6 Å². The Bertz CT molecular complexity index is 39.7. The predicted octanol–water partition coefficient (Wildman–Crippen LogP) is 3.59. The first-order valence-electron chi connectivity index (χ1n) is 4.29. The minimum atomic E-state index is 0.237. The molecule has 1 radical (unpaired) electrons. The Morgan fingerprint density at radius 1 is 1.30 bits per heavy atom. The molecule has 57 valence electrons. The monoisotopic (exact) mass is 215 g/mol. The number of rotatable bonds is 1. The Morgan fingerprint density at radius 3 is 1.90 bits per heavy atom. The van der Waals surface area contributed by atoms with Gasteiger partial charge in [-0.1, -0.05) is 39.0 Å². The molecule has 10 heavy (non-hydrogen) atoms. The Morgan fingerprint density at radius 2 is 1.80 bits per heavy atom. The fourth-order valence-electron chi connectivity index (χ4n) is 0.898. The van der Waals surface area contributed by atoms with Crippen LogP contribution in [0.15, 0.2) is 0 Å². The van der Waals surface area contributed by atoms with Crippen molar-refractivity contribution in [3.63, 3.8) is 0 Å². The second kappa shape index (κ2) is 10.2. The molecule has 0 spiro atoms. The zero-order valence-electron chi connectivity index (χ0n) is 6.91. The molecule has 0 heterocycles. The minimum absolute atomic E-state index is 0.237. The molecular weight excluding hydrogens is 200 g/mol. The van der Waals surface area contributed by atoms with Crippen LogP contribution < -0.4 is 0 Å². The molecule has 0 aliphatic heterocycles. The Balaban J connectivity index is 0.000000180. The van der Waals surface area contributed by atoms with Crippen LogP contribution in [0, 0.1) is 6.42 Å². The van der Waals surface area contributed by atoms with Gasteiger partial charge in [0.15, 0.2) is 0 Å². The third kappa shape index (κ3) is 9.25. The second-order valence-corrected chi connectivity index (χ2v) is 6.37. The SMILES string of the molecule is C[CH2][Mg][Br].[CH]1CCCCC1. The van der Waals surface area contributed by atoms with E-state index in [0.717, 1.165) is 0 Å². The van der Waals surface area contributed by atoms with Crippen molar-refractivity contribution in [3.05, 3.63) is 6.42 Å². The molecule has 0 N–H and O–H groups in total. The van der Waals surface area contributed by atoms with Gasteiger partial charge in [-0.05, 0) is 6.42 Å². The van der Waals surface area contributed by atoms with Crippen LogP contribution >= 0.6 is 12.9 Å². The van der Waals surface area contributed by atoms with Gasteiger partial charge < -0.3 is 12.9 Å². The highest BCUT2D eigenvalue weighted by atomic mass is 79.9. The molecular formula is C8H16BrMg. The first-order chi connectivity index (χ1) is 4.91. The predicted molar refractivity (Wildman–Crippen MR) is 52.5 cm³/mol. The Labute approximate surface area is 80.7 Å². The Kier molecular flexibility index (Phi) is 11.5. The van der Waals surface area contributed by atoms with E-state index in [0.29, 0.717) is 0 Å². The van der Waals surface area contributed by atoms with E-state index in [1.807, 2.05) is 0 Å². The molecule has 0 bridgehead atoms. The van der Waals surface area contributed by atoms with Gasteiger partial charge in [-0.3, -0.25) is 0 Å². The van der Waals surface area contributed by atoms with Gasteiger partial charge in [-0.15, -0.1) is 4.55 Å². The third-order valence-corrected chi connectivity index (χ3v) is 4.26. The average Bonchev–Trinajstić information content (AvgIpc) is 2.08. The molecule has 1 aliphatic rings. The summed E-state index contributed by atoms with van der Waals surface area (Å²) in [5.41, 5.74) is 0. The van der Waals surface area contributed by atoms with Gasteiger partial charge in [0.05, 0.1) is 0 Å². The van der Waals surface area contributed by atoms with Gasteiger partial charge in [-0.25, -0.2) is 0 Å². The molecule has 0 unspecified atom stereocenters. The maximum atomic E-state index is 3.39. The molecule has 0 aromatic rings. The van der Waals surface area contributed by atoms with Crippen LogP contribution in [0.3, 0.4) is 0 Å². The quantitative estimate of drug-likeness (QED) is 0.588. The van der Waals surface area contributed by atoms with E-state index in [4.69, 9.17) is 0 Å². The summed E-state index contributed by atoms with van der Waals surface area (Å²) in [6.07, 6.45) is 9.50. The van der Waals surface area contributed by atoms with Crippen molar-refractivity contribution < 1.29 is 0 Å². The van der Waals surface area contributed by atoms with Crippen molar-refractivity contribution in [3.8, 4) is 0 Å². The molecule has 1 fully saturated rings. The molecule has 0 saturated heterocycles. The molecule has 0 atom stereocenters. The number of halogens is 1. The molecule has 2 heteroatoms. The summed E-state index contributed by atoms with van der Waals surface area (Å²) >= 11 is 3.62. The van der Waals surface area contributed by atoms with E-state index >= 15 is 0 Å². The summed E-state index contributed by atoms with van der Waals surface area (Å²) in [7, 11) is 0. The van der Waals surface area contributed by atoms with Crippen molar-refractivity contribution in [1.82, 2.24) is 0 Å². The lowest BCUT2D eigenvalue weighted by Crippen LogP contribution is -1.87. The fourth-order valence-corrected chi connectivity index (χ4v) is 0.898. The molecule has 0 aromatic heterocycles. The third-order valence-electron chi connectivity index (χ3n) is 1.51. The van der Waals surface area contributed by atoms with Crippen molar-refractivity contribution in [1.29, 1.82) is 0 Å². The van der Waals surface area contributed by atoms with Crippen LogP contribution in [0.2, 0.25) is 4.55 Å². The largest absolute Gasteiger partial charge is 0.468 e. The standard InChI is InChI=1S/C6H11.C2H5.BrH.Mg/c1-2-4-6-5-3-1;1-2;;/h1H,2-6H2;1H2,2H3;1H;/q;;;+1/p-1. The highest BCUT2D eigenvalue weighted by Gasteiger charge is 1.95. The van der Waals surface area contributed by atoms with E-state index in [-0.39, 0.29) is 18.2 Å². The van der Waals surface area contributed by atoms with Gasteiger partial charge in [0.2, 0.25) is 0 Å². The number of hydrogen-bond donors (Lipinski definition) is 0. The molecule has 0 aromatic carbocycles. The van der Waals surface area contributed by atoms with Crippen LogP contribution in [0.1, 0.15) is 39.0 Å². The topological polar surface area (TPSA) is 0 Å². The van der Waals surface area contributed by atoms with Crippen LogP contribution in [0.5, 0.6) is 0 Å². The maximum absolute atomic E-state index is 3.39. The summed E-state index contributed by atoms with van der Waals surface area (Å²) < 4.78 is 1.38. The van der Waals surface area contributed by atoms with E-state index in [2.05, 4.69) is 26.2 Å². The lowest BCUT2D eigenvalue weighted by atomic mass is 10.0. The summed E-state index contributed by atoms with van der Waals surface area (Å²) in [4.78, 5) is 0. The smallest absolute Gasteiger partial charge is 0.307 e. The van der Waals surface area contributed by atoms with Crippen LogP contribution in [-0.4, -0.2) is 18.2 Å². The van der Waals surface area contributed by atoms with Gasteiger partial charge in [0.25, 0.3) is 0 Å². The summed E-state index contributed by atoms with van der Waals surface area (Å²) in [6.45, 7) is 2.20. The zero-order chi connectivity index (χ0) is 7.66. The van der Waals surface area contributed by atoms with Gasteiger partial charge >= 0.3 is 18.2 Å². The summed E-state index contributed by atoms with van der Waals surface area (Å²) in [5.74, 6) is 0. The Hall–Kier alpha value is 1.25. The molecule has 0 amide bonds. The zero-order valence-corrected chi connectivity index (χ0v) is 9.91. The first-order valence-corrected chi connectivity index (χ1v) is 9.19. The van der Waals surface area contributed by atoms with E-state index in [1.165, 1.54) is 36.7 Å². The van der Waals surface area contributed by atoms with Gasteiger partial charge in [0.1, 0.15) is 0 Å². The molecule has 0 nitrogen and oxygen atoms in total. The van der Waals surface area contributed by atoms with E-state index < -0.39 is 0 Å². The second-order valence-electron chi connectivity index (χ2n) is 2.62. The van der Waals surface area contributed by atoms with Gasteiger partial charge in [-0.2, -0.15) is 0 Å². The summed E-state index contributed by atoms with van der Waals surface area (Å²) in [6, 6.07) is 0. The molecule has 1 aliphatic carbocycles. The lowest BCUT2D eigenvalue weighted by Gasteiger charge is -2.05. The van der Waals surface area contributed by atoms with Crippen LogP contribution in [0.25, 0.3) is 0 Å². The van der Waals surface area contributed by atoms with E-state index in [9.17, 15) is 0 Å². The van der Waals surface area contributed by atoms with Crippen LogP contribution in [-0.2, 0) is 0 Å².